The van der Waals surface area contributed by atoms with E-state index in [9.17, 15) is 9.90 Å². The first kappa shape index (κ1) is 15.3. The summed E-state index contributed by atoms with van der Waals surface area (Å²) in [5.41, 5.74) is 0.598. The Morgan fingerprint density at radius 3 is 2.67 bits per heavy atom. The Labute approximate surface area is 124 Å². The Morgan fingerprint density at radius 2 is 2.10 bits per heavy atom. The largest absolute Gasteiger partial charge is 0.466 e. The fourth-order valence-corrected chi connectivity index (χ4v) is 2.27. The molecule has 1 amide bonds. The second-order valence-corrected chi connectivity index (χ2v) is 5.45. The zero-order chi connectivity index (χ0) is 15.6. The second-order valence-electron chi connectivity index (χ2n) is 5.45. The topological polar surface area (TPSA) is 75.4 Å². The fraction of sp³-hybridized carbons (Fsp3) is 0.375. The van der Waals surface area contributed by atoms with Crippen LogP contribution in [0.25, 0.3) is 0 Å². The summed E-state index contributed by atoms with van der Waals surface area (Å²) in [5, 5.41) is 13.2. The third-order valence-electron chi connectivity index (χ3n) is 3.34. The Morgan fingerprint density at radius 1 is 1.38 bits per heavy atom. The van der Waals surface area contributed by atoms with Gasteiger partial charge in [-0.1, -0.05) is 6.07 Å². The van der Waals surface area contributed by atoms with Crippen LogP contribution in [0.15, 0.2) is 28.7 Å². The van der Waals surface area contributed by atoms with Gasteiger partial charge >= 0.3 is 0 Å². The molecule has 0 saturated heterocycles. The zero-order valence-corrected chi connectivity index (χ0v) is 12.7. The first-order chi connectivity index (χ1) is 9.79. The number of carbonyl (C=O) groups is 1. The maximum Gasteiger partial charge on any atom is 0.269 e. The summed E-state index contributed by atoms with van der Waals surface area (Å²) in [6.07, 6.45) is 0. The van der Waals surface area contributed by atoms with Gasteiger partial charge in [-0.05, 0) is 45.9 Å². The summed E-state index contributed by atoms with van der Waals surface area (Å²) in [6.45, 7) is 7.17. The third-order valence-corrected chi connectivity index (χ3v) is 3.34. The molecule has 0 fully saturated rings. The van der Waals surface area contributed by atoms with Gasteiger partial charge in [-0.2, -0.15) is 0 Å². The van der Waals surface area contributed by atoms with Crippen molar-refractivity contribution in [2.24, 2.45) is 0 Å². The van der Waals surface area contributed by atoms with Crippen LogP contribution in [-0.4, -0.2) is 22.5 Å². The van der Waals surface area contributed by atoms with Gasteiger partial charge in [0.25, 0.3) is 5.91 Å². The lowest BCUT2D eigenvalue weighted by atomic mass is 9.96. The van der Waals surface area contributed by atoms with Gasteiger partial charge in [0.15, 0.2) is 0 Å². The second kappa shape index (κ2) is 5.69. The zero-order valence-electron chi connectivity index (χ0n) is 12.7. The van der Waals surface area contributed by atoms with Crippen LogP contribution in [-0.2, 0) is 5.60 Å². The Kier molecular flexibility index (Phi) is 4.14. The molecule has 5 heteroatoms. The van der Waals surface area contributed by atoms with Crippen molar-refractivity contribution in [3.8, 4) is 0 Å². The SMILES string of the molecule is Cc1cccc(C(=O)NCC(C)(O)c2cc(C)oc2C)n1. The van der Waals surface area contributed by atoms with E-state index in [1.54, 1.807) is 32.0 Å². The predicted molar refractivity (Wildman–Crippen MR) is 79.1 cm³/mol. The number of hydrogen-bond donors (Lipinski definition) is 2. The first-order valence-electron chi connectivity index (χ1n) is 6.81. The lowest BCUT2D eigenvalue weighted by molar-refractivity contribution is 0.0512. The number of hydrogen-bond acceptors (Lipinski definition) is 4. The lowest BCUT2D eigenvalue weighted by Crippen LogP contribution is -2.39. The van der Waals surface area contributed by atoms with Crippen LogP contribution in [0.2, 0.25) is 0 Å². The van der Waals surface area contributed by atoms with Crippen molar-refractivity contribution in [3.63, 3.8) is 0 Å². The number of amides is 1. The third kappa shape index (κ3) is 3.49. The van der Waals surface area contributed by atoms with E-state index in [0.717, 1.165) is 11.5 Å². The fourth-order valence-electron chi connectivity index (χ4n) is 2.27. The molecule has 0 radical (unpaired) electrons. The van der Waals surface area contributed by atoms with Crippen LogP contribution in [0.1, 0.15) is 40.2 Å². The summed E-state index contributed by atoms with van der Waals surface area (Å²) in [6, 6.07) is 7.03. The van der Waals surface area contributed by atoms with Crippen LogP contribution in [0.4, 0.5) is 0 Å². The molecule has 2 rings (SSSR count). The quantitative estimate of drug-likeness (QED) is 0.904. The molecule has 5 nitrogen and oxygen atoms in total. The molecule has 0 saturated carbocycles. The highest BCUT2D eigenvalue weighted by Crippen LogP contribution is 2.26. The number of rotatable bonds is 4. The summed E-state index contributed by atoms with van der Waals surface area (Å²) < 4.78 is 5.42. The molecule has 0 aliphatic heterocycles. The molecule has 0 aliphatic carbocycles. The van der Waals surface area contributed by atoms with Crippen LogP contribution < -0.4 is 5.32 Å². The molecule has 0 aromatic carbocycles. The number of aliphatic hydroxyl groups is 1. The van der Waals surface area contributed by atoms with E-state index in [1.165, 1.54) is 0 Å². The van der Waals surface area contributed by atoms with Crippen LogP contribution in [0, 0.1) is 20.8 Å². The van der Waals surface area contributed by atoms with E-state index >= 15 is 0 Å². The van der Waals surface area contributed by atoms with E-state index in [4.69, 9.17) is 4.42 Å². The van der Waals surface area contributed by atoms with Gasteiger partial charge in [0.2, 0.25) is 0 Å². The minimum atomic E-state index is -1.19. The van der Waals surface area contributed by atoms with Crippen LogP contribution in [0.5, 0.6) is 0 Å². The minimum Gasteiger partial charge on any atom is -0.466 e. The molecule has 21 heavy (non-hydrogen) atoms. The molecule has 1 atom stereocenters. The highest BCUT2D eigenvalue weighted by atomic mass is 16.3. The number of aromatic nitrogens is 1. The molecule has 0 spiro atoms. The van der Waals surface area contributed by atoms with Crippen molar-refractivity contribution < 1.29 is 14.3 Å². The first-order valence-corrected chi connectivity index (χ1v) is 6.81. The van der Waals surface area contributed by atoms with E-state index in [-0.39, 0.29) is 12.5 Å². The average Bonchev–Trinajstić information content (AvgIpc) is 2.76. The highest BCUT2D eigenvalue weighted by molar-refractivity contribution is 5.92. The van der Waals surface area contributed by atoms with Crippen molar-refractivity contribution in [2.45, 2.75) is 33.3 Å². The molecule has 2 N–H and O–H groups in total. The maximum atomic E-state index is 12.1. The predicted octanol–water partition coefficient (Wildman–Crippen LogP) is 2.24. The molecule has 0 aliphatic rings. The molecule has 2 aromatic heterocycles. The van der Waals surface area contributed by atoms with Crippen molar-refractivity contribution in [1.29, 1.82) is 0 Å². The monoisotopic (exact) mass is 288 g/mol. The smallest absolute Gasteiger partial charge is 0.269 e. The lowest BCUT2D eigenvalue weighted by Gasteiger charge is -2.23. The minimum absolute atomic E-state index is 0.0846. The van der Waals surface area contributed by atoms with Gasteiger partial charge in [0, 0.05) is 11.3 Å². The number of aryl methyl sites for hydroxylation is 3. The van der Waals surface area contributed by atoms with E-state index in [0.29, 0.717) is 17.0 Å². The Hall–Kier alpha value is -2.14. The number of nitrogens with one attached hydrogen (secondary N) is 1. The van der Waals surface area contributed by atoms with Crippen molar-refractivity contribution in [1.82, 2.24) is 10.3 Å². The molecule has 2 aromatic rings. The van der Waals surface area contributed by atoms with Gasteiger partial charge < -0.3 is 14.8 Å². The number of carbonyl (C=O) groups excluding carboxylic acids is 1. The summed E-state index contributed by atoms with van der Waals surface area (Å²) >= 11 is 0. The van der Waals surface area contributed by atoms with Crippen molar-refractivity contribution >= 4 is 5.91 Å². The molecular weight excluding hydrogens is 268 g/mol. The van der Waals surface area contributed by atoms with E-state index in [1.807, 2.05) is 19.9 Å². The summed E-state index contributed by atoms with van der Waals surface area (Å²) in [7, 11) is 0. The normalized spacial score (nSPS) is 13.8. The standard InChI is InChI=1S/C16H20N2O3/c1-10-6-5-7-14(18-10)15(19)17-9-16(4,20)13-8-11(2)21-12(13)3/h5-8,20H,9H2,1-4H3,(H,17,19). The van der Waals surface area contributed by atoms with Crippen molar-refractivity contribution in [3.05, 3.63) is 52.7 Å². The van der Waals surface area contributed by atoms with Crippen LogP contribution >= 0.6 is 0 Å². The Bertz CT molecular complexity index is 659. The van der Waals surface area contributed by atoms with Gasteiger partial charge in [0.1, 0.15) is 22.8 Å². The Balaban J connectivity index is 2.08. The molecule has 0 bridgehead atoms. The molecular formula is C16H20N2O3. The summed E-state index contributed by atoms with van der Waals surface area (Å²) in [5.74, 6) is 1.08. The molecule has 1 unspecified atom stereocenters. The van der Waals surface area contributed by atoms with Gasteiger partial charge in [0.05, 0.1) is 6.54 Å². The van der Waals surface area contributed by atoms with Crippen molar-refractivity contribution in [2.75, 3.05) is 6.54 Å². The highest BCUT2D eigenvalue weighted by Gasteiger charge is 2.28. The molecule has 2 heterocycles. The van der Waals surface area contributed by atoms with E-state index in [2.05, 4.69) is 10.3 Å². The number of pyridine rings is 1. The summed E-state index contributed by atoms with van der Waals surface area (Å²) in [4.78, 5) is 16.2. The van der Waals surface area contributed by atoms with Gasteiger partial charge in [-0.3, -0.25) is 4.79 Å². The van der Waals surface area contributed by atoms with Crippen LogP contribution in [0.3, 0.4) is 0 Å². The number of furan rings is 1. The number of nitrogens with zero attached hydrogens (tertiary/aromatic N) is 1. The van der Waals surface area contributed by atoms with Gasteiger partial charge in [-0.15, -0.1) is 0 Å². The average molecular weight is 288 g/mol. The maximum absolute atomic E-state index is 12.1. The van der Waals surface area contributed by atoms with Gasteiger partial charge in [-0.25, -0.2) is 4.98 Å². The molecule has 112 valence electrons. The van der Waals surface area contributed by atoms with E-state index < -0.39 is 5.60 Å².